The van der Waals surface area contributed by atoms with Gasteiger partial charge in [-0.1, -0.05) is 26.7 Å². The van der Waals surface area contributed by atoms with Gasteiger partial charge in [-0.25, -0.2) is 9.59 Å². The van der Waals surface area contributed by atoms with E-state index in [0.29, 0.717) is 26.2 Å². The average molecular weight is 300 g/mol. The predicted molar refractivity (Wildman–Crippen MR) is 80.2 cm³/mol. The van der Waals surface area contributed by atoms with E-state index in [9.17, 15) is 14.7 Å². The summed E-state index contributed by atoms with van der Waals surface area (Å²) in [5.74, 6) is -0.686. The molecular formula is C15H28N2O4. The predicted octanol–water partition coefficient (Wildman–Crippen LogP) is 2.09. The molecule has 0 aromatic carbocycles. The zero-order valence-corrected chi connectivity index (χ0v) is 13.3. The van der Waals surface area contributed by atoms with E-state index in [1.54, 1.807) is 0 Å². The minimum Gasteiger partial charge on any atom is -0.480 e. The lowest BCUT2D eigenvalue weighted by Crippen LogP contribution is -2.53. The fraction of sp³-hybridized carbons (Fsp3) is 0.867. The standard InChI is InChI=1S/C15H28N2O4/c1-4-21-10-12(11(2)3)16-15(20)17-9-7-5-6-8-13(17)14(18)19/h11-13H,4-10H2,1-3H3,(H,16,20)(H,18,19). The maximum absolute atomic E-state index is 12.4. The number of carbonyl (C=O) groups is 2. The highest BCUT2D eigenvalue weighted by Crippen LogP contribution is 2.17. The van der Waals surface area contributed by atoms with Gasteiger partial charge in [0.2, 0.25) is 0 Å². The van der Waals surface area contributed by atoms with Crippen LogP contribution in [0.25, 0.3) is 0 Å². The molecule has 1 heterocycles. The van der Waals surface area contributed by atoms with Crippen molar-refractivity contribution < 1.29 is 19.4 Å². The lowest BCUT2D eigenvalue weighted by molar-refractivity contribution is -0.142. The van der Waals surface area contributed by atoms with E-state index in [1.165, 1.54) is 4.90 Å². The summed E-state index contributed by atoms with van der Waals surface area (Å²) in [6, 6.07) is -1.11. The van der Waals surface area contributed by atoms with Crippen molar-refractivity contribution in [1.82, 2.24) is 10.2 Å². The second-order valence-corrected chi connectivity index (χ2v) is 5.86. The molecule has 6 heteroatoms. The van der Waals surface area contributed by atoms with Crippen LogP contribution in [-0.2, 0) is 9.53 Å². The van der Waals surface area contributed by atoms with Gasteiger partial charge in [0.1, 0.15) is 6.04 Å². The number of ether oxygens (including phenoxy) is 1. The molecule has 2 unspecified atom stereocenters. The first-order chi connectivity index (χ1) is 9.97. The largest absolute Gasteiger partial charge is 0.480 e. The van der Waals surface area contributed by atoms with Gasteiger partial charge in [0, 0.05) is 13.2 Å². The molecule has 0 bridgehead atoms. The summed E-state index contributed by atoms with van der Waals surface area (Å²) in [5.41, 5.74) is 0. The van der Waals surface area contributed by atoms with Crippen LogP contribution in [0.1, 0.15) is 46.5 Å². The second-order valence-electron chi connectivity index (χ2n) is 5.86. The summed E-state index contributed by atoms with van der Waals surface area (Å²) in [4.78, 5) is 25.3. The Balaban J connectivity index is 2.70. The molecule has 6 nitrogen and oxygen atoms in total. The van der Waals surface area contributed by atoms with E-state index < -0.39 is 12.0 Å². The van der Waals surface area contributed by atoms with Crippen LogP contribution < -0.4 is 5.32 Å². The third-order valence-corrected chi connectivity index (χ3v) is 3.91. The zero-order chi connectivity index (χ0) is 15.8. The second kappa shape index (κ2) is 8.87. The Labute approximate surface area is 126 Å². The number of hydrogen-bond donors (Lipinski definition) is 2. The topological polar surface area (TPSA) is 78.9 Å². The lowest BCUT2D eigenvalue weighted by Gasteiger charge is -2.30. The van der Waals surface area contributed by atoms with Crippen LogP contribution in [0.2, 0.25) is 0 Å². The molecular weight excluding hydrogens is 272 g/mol. The molecule has 2 amide bonds. The number of likely N-dealkylation sites (tertiary alicyclic amines) is 1. The van der Waals surface area contributed by atoms with E-state index in [-0.39, 0.29) is 18.0 Å². The van der Waals surface area contributed by atoms with E-state index in [0.717, 1.165) is 19.3 Å². The summed E-state index contributed by atoms with van der Waals surface area (Å²) in [6.45, 7) is 7.49. The number of urea groups is 1. The number of carbonyl (C=O) groups excluding carboxylic acids is 1. The van der Waals surface area contributed by atoms with Crippen molar-refractivity contribution in [3.8, 4) is 0 Å². The SMILES string of the molecule is CCOCC(NC(=O)N1CCCCCC1C(=O)O)C(C)C. The number of aliphatic carboxylic acids is 1. The molecule has 0 aromatic heterocycles. The summed E-state index contributed by atoms with van der Waals surface area (Å²) < 4.78 is 5.39. The Kier molecular flexibility index (Phi) is 7.50. The number of rotatable bonds is 6. The molecule has 0 radical (unpaired) electrons. The van der Waals surface area contributed by atoms with Crippen LogP contribution in [0.5, 0.6) is 0 Å². The molecule has 122 valence electrons. The molecule has 1 aliphatic heterocycles. The first-order valence-corrected chi connectivity index (χ1v) is 7.85. The number of carboxylic acids is 1. The maximum Gasteiger partial charge on any atom is 0.326 e. The molecule has 0 aromatic rings. The van der Waals surface area contributed by atoms with Crippen molar-refractivity contribution in [1.29, 1.82) is 0 Å². The van der Waals surface area contributed by atoms with Crippen molar-refractivity contribution in [2.75, 3.05) is 19.8 Å². The summed E-state index contributed by atoms with van der Waals surface area (Å²) in [6.07, 6.45) is 3.21. The van der Waals surface area contributed by atoms with Crippen LogP contribution in [0.15, 0.2) is 0 Å². The molecule has 1 fully saturated rings. The Morgan fingerprint density at radius 1 is 1.33 bits per heavy atom. The highest BCUT2D eigenvalue weighted by atomic mass is 16.5. The minimum atomic E-state index is -0.919. The molecule has 2 N–H and O–H groups in total. The van der Waals surface area contributed by atoms with E-state index in [2.05, 4.69) is 5.32 Å². The molecule has 0 saturated carbocycles. The smallest absolute Gasteiger partial charge is 0.326 e. The van der Waals surface area contributed by atoms with Crippen molar-refractivity contribution in [3.05, 3.63) is 0 Å². The Hall–Kier alpha value is -1.30. The summed E-state index contributed by atoms with van der Waals surface area (Å²) >= 11 is 0. The molecule has 1 rings (SSSR count). The number of carboxylic acid groups (broad SMARTS) is 1. The molecule has 21 heavy (non-hydrogen) atoms. The van der Waals surface area contributed by atoms with Crippen LogP contribution in [0, 0.1) is 5.92 Å². The van der Waals surface area contributed by atoms with Crippen LogP contribution >= 0.6 is 0 Å². The van der Waals surface area contributed by atoms with Gasteiger partial charge < -0.3 is 20.1 Å². The van der Waals surface area contributed by atoms with Gasteiger partial charge in [-0.3, -0.25) is 0 Å². The average Bonchev–Trinajstić information content (AvgIpc) is 2.68. The van der Waals surface area contributed by atoms with E-state index >= 15 is 0 Å². The molecule has 0 aliphatic carbocycles. The normalized spacial score (nSPS) is 21.0. The van der Waals surface area contributed by atoms with Crippen LogP contribution in [0.3, 0.4) is 0 Å². The number of hydrogen-bond acceptors (Lipinski definition) is 3. The van der Waals surface area contributed by atoms with E-state index in [4.69, 9.17) is 4.74 Å². The zero-order valence-electron chi connectivity index (χ0n) is 13.3. The third-order valence-electron chi connectivity index (χ3n) is 3.91. The number of nitrogens with one attached hydrogen (secondary N) is 1. The Bertz CT molecular complexity index is 347. The third kappa shape index (κ3) is 5.53. The molecule has 2 atom stereocenters. The van der Waals surface area contributed by atoms with Gasteiger partial charge in [0.05, 0.1) is 12.6 Å². The lowest BCUT2D eigenvalue weighted by atomic mass is 10.1. The van der Waals surface area contributed by atoms with Crippen molar-refractivity contribution in [2.24, 2.45) is 5.92 Å². The monoisotopic (exact) mass is 300 g/mol. The molecule has 1 saturated heterocycles. The Morgan fingerprint density at radius 3 is 2.62 bits per heavy atom. The quantitative estimate of drug-likeness (QED) is 0.787. The van der Waals surface area contributed by atoms with Crippen LogP contribution in [-0.4, -0.2) is 53.8 Å². The van der Waals surface area contributed by atoms with Gasteiger partial charge >= 0.3 is 12.0 Å². The fourth-order valence-corrected chi connectivity index (χ4v) is 2.50. The Morgan fingerprint density at radius 2 is 2.05 bits per heavy atom. The number of amides is 2. The first kappa shape index (κ1) is 17.8. The van der Waals surface area contributed by atoms with Crippen molar-refractivity contribution >= 4 is 12.0 Å². The van der Waals surface area contributed by atoms with Gasteiger partial charge in [-0.05, 0) is 25.7 Å². The van der Waals surface area contributed by atoms with Crippen molar-refractivity contribution in [3.63, 3.8) is 0 Å². The van der Waals surface area contributed by atoms with Crippen LogP contribution in [0.4, 0.5) is 4.79 Å². The molecule has 1 aliphatic rings. The first-order valence-electron chi connectivity index (χ1n) is 7.85. The van der Waals surface area contributed by atoms with Gasteiger partial charge in [-0.2, -0.15) is 0 Å². The van der Waals surface area contributed by atoms with Gasteiger partial charge in [0.15, 0.2) is 0 Å². The van der Waals surface area contributed by atoms with Crippen molar-refractivity contribution in [2.45, 2.75) is 58.5 Å². The maximum atomic E-state index is 12.4. The highest BCUT2D eigenvalue weighted by molar-refractivity contribution is 5.82. The minimum absolute atomic E-state index is 0.102. The number of nitrogens with zero attached hydrogens (tertiary/aromatic N) is 1. The highest BCUT2D eigenvalue weighted by Gasteiger charge is 2.32. The molecule has 0 spiro atoms. The fourth-order valence-electron chi connectivity index (χ4n) is 2.50. The van der Waals surface area contributed by atoms with E-state index in [1.807, 2.05) is 20.8 Å². The summed E-state index contributed by atoms with van der Waals surface area (Å²) in [7, 11) is 0. The summed E-state index contributed by atoms with van der Waals surface area (Å²) in [5, 5.41) is 12.3. The van der Waals surface area contributed by atoms with Gasteiger partial charge in [-0.15, -0.1) is 0 Å². The van der Waals surface area contributed by atoms with Gasteiger partial charge in [0.25, 0.3) is 0 Å².